The smallest absolute Gasteiger partial charge is 0.0602 e. The average Bonchev–Trinajstić information content (AvgIpc) is 2.55. The number of nitrogens with zero attached hydrogens (tertiary/aromatic N) is 1. The number of nitrogens with one attached hydrogen (secondary N) is 1. The number of piperidine rings is 1. The van der Waals surface area contributed by atoms with Crippen molar-refractivity contribution in [3.05, 3.63) is 36.4 Å². The van der Waals surface area contributed by atoms with E-state index in [1.165, 1.54) is 30.6 Å². The van der Waals surface area contributed by atoms with E-state index in [0.29, 0.717) is 0 Å². The molecule has 1 saturated heterocycles. The number of rotatable bonds is 4. The third-order valence-electron chi connectivity index (χ3n) is 4.67. The summed E-state index contributed by atoms with van der Waals surface area (Å²) in [5.74, 6) is 0.756. The Kier molecular flexibility index (Phi) is 4.81. The molecule has 2 N–H and O–H groups in total. The number of para-hydroxylation sites is 2. The number of aliphatic hydroxyl groups is 1. The fraction of sp³-hybridized carbons (Fsp3) is 0.556. The van der Waals surface area contributed by atoms with E-state index in [0.717, 1.165) is 38.4 Å². The first-order valence-electron chi connectivity index (χ1n) is 8.24. The quantitative estimate of drug-likeness (QED) is 0.833. The topological polar surface area (TPSA) is 35.5 Å². The maximum absolute atomic E-state index is 9.67. The minimum absolute atomic E-state index is 0.115. The molecule has 0 bridgehead atoms. The van der Waals surface area contributed by atoms with E-state index in [-0.39, 0.29) is 6.10 Å². The summed E-state index contributed by atoms with van der Waals surface area (Å²) in [6.45, 7) is 2.95. The summed E-state index contributed by atoms with van der Waals surface area (Å²) in [5, 5.41) is 13.3. The molecule has 1 heterocycles. The van der Waals surface area contributed by atoms with E-state index in [1.807, 2.05) is 0 Å². The first-order chi connectivity index (χ1) is 10.3. The highest BCUT2D eigenvalue weighted by atomic mass is 16.3. The lowest BCUT2D eigenvalue weighted by Crippen LogP contribution is -2.36. The molecule has 1 aromatic rings. The molecule has 3 nitrogen and oxygen atoms in total. The van der Waals surface area contributed by atoms with Gasteiger partial charge in [0.15, 0.2) is 0 Å². The molecule has 1 aliphatic carbocycles. The van der Waals surface area contributed by atoms with Crippen LogP contribution in [0.25, 0.3) is 0 Å². The Hall–Kier alpha value is -1.48. The second-order valence-electron chi connectivity index (χ2n) is 6.27. The first-order valence-corrected chi connectivity index (χ1v) is 8.24. The minimum Gasteiger partial charge on any atom is -0.393 e. The first kappa shape index (κ1) is 14.5. The molecule has 1 fully saturated rings. The molecule has 0 saturated carbocycles. The Morgan fingerprint density at radius 2 is 1.90 bits per heavy atom. The van der Waals surface area contributed by atoms with Gasteiger partial charge in [-0.05, 0) is 50.2 Å². The zero-order valence-corrected chi connectivity index (χ0v) is 12.7. The lowest BCUT2D eigenvalue weighted by Gasteiger charge is -2.33. The van der Waals surface area contributed by atoms with Gasteiger partial charge in [0.25, 0.3) is 0 Å². The third-order valence-corrected chi connectivity index (χ3v) is 4.67. The molecule has 0 aromatic heterocycles. The molecule has 3 heteroatoms. The van der Waals surface area contributed by atoms with E-state index < -0.39 is 0 Å². The van der Waals surface area contributed by atoms with E-state index in [1.54, 1.807) is 0 Å². The van der Waals surface area contributed by atoms with Gasteiger partial charge < -0.3 is 15.3 Å². The summed E-state index contributed by atoms with van der Waals surface area (Å²) < 4.78 is 0. The largest absolute Gasteiger partial charge is 0.393 e. The van der Waals surface area contributed by atoms with Crippen molar-refractivity contribution in [1.82, 2.24) is 0 Å². The Morgan fingerprint density at radius 3 is 2.67 bits per heavy atom. The Balaban J connectivity index is 1.63. The van der Waals surface area contributed by atoms with Crippen molar-refractivity contribution >= 4 is 11.4 Å². The normalized spacial score (nSPS) is 23.3. The number of anilines is 2. The monoisotopic (exact) mass is 286 g/mol. The van der Waals surface area contributed by atoms with Gasteiger partial charge in [-0.2, -0.15) is 0 Å². The van der Waals surface area contributed by atoms with Crippen LogP contribution in [0.15, 0.2) is 36.4 Å². The number of benzene rings is 1. The molecule has 0 unspecified atom stereocenters. The summed E-state index contributed by atoms with van der Waals surface area (Å²) in [6.07, 6.45) is 9.96. The van der Waals surface area contributed by atoms with Crippen molar-refractivity contribution in [2.45, 2.75) is 38.2 Å². The molecule has 0 radical (unpaired) electrons. The fourth-order valence-electron chi connectivity index (χ4n) is 3.30. The van der Waals surface area contributed by atoms with Crippen molar-refractivity contribution in [1.29, 1.82) is 0 Å². The van der Waals surface area contributed by atoms with Gasteiger partial charge in [-0.1, -0.05) is 24.3 Å². The Morgan fingerprint density at radius 1 is 1.10 bits per heavy atom. The maximum Gasteiger partial charge on any atom is 0.0602 e. The van der Waals surface area contributed by atoms with E-state index in [9.17, 15) is 5.11 Å². The van der Waals surface area contributed by atoms with Crippen LogP contribution in [0.1, 0.15) is 32.1 Å². The van der Waals surface area contributed by atoms with Crippen molar-refractivity contribution in [3.8, 4) is 0 Å². The van der Waals surface area contributed by atoms with Crippen LogP contribution in [0, 0.1) is 5.92 Å². The van der Waals surface area contributed by atoms with Gasteiger partial charge in [-0.25, -0.2) is 0 Å². The standard InChI is InChI=1S/C18H26N2O/c21-16-10-12-20(13-11-16)18-9-5-4-8-17(18)19-14-15-6-2-1-3-7-15/h1-2,4-5,8-9,15-16,19,21H,3,6-7,10-14H2/t15-/m1/s1. The van der Waals surface area contributed by atoms with Gasteiger partial charge in [-0.3, -0.25) is 0 Å². The highest BCUT2D eigenvalue weighted by molar-refractivity contribution is 5.70. The van der Waals surface area contributed by atoms with Gasteiger partial charge in [0, 0.05) is 19.6 Å². The van der Waals surface area contributed by atoms with Crippen molar-refractivity contribution < 1.29 is 5.11 Å². The molecule has 3 rings (SSSR count). The molecule has 1 aromatic carbocycles. The lowest BCUT2D eigenvalue weighted by molar-refractivity contribution is 0.145. The highest BCUT2D eigenvalue weighted by Gasteiger charge is 2.19. The number of hydrogen-bond acceptors (Lipinski definition) is 3. The second kappa shape index (κ2) is 6.99. The van der Waals surface area contributed by atoms with Gasteiger partial charge in [0.05, 0.1) is 17.5 Å². The predicted octanol–water partition coefficient (Wildman–Crippen LogP) is 3.42. The fourth-order valence-corrected chi connectivity index (χ4v) is 3.30. The van der Waals surface area contributed by atoms with Crippen LogP contribution in [0.2, 0.25) is 0 Å². The molecular weight excluding hydrogens is 260 g/mol. The van der Waals surface area contributed by atoms with Crippen LogP contribution in [0.5, 0.6) is 0 Å². The maximum atomic E-state index is 9.67. The summed E-state index contributed by atoms with van der Waals surface area (Å²) in [4.78, 5) is 2.40. The number of hydrogen-bond donors (Lipinski definition) is 2. The van der Waals surface area contributed by atoms with Crippen molar-refractivity contribution in [2.75, 3.05) is 29.9 Å². The zero-order valence-electron chi connectivity index (χ0n) is 12.7. The van der Waals surface area contributed by atoms with Crippen LogP contribution in [0.3, 0.4) is 0 Å². The van der Waals surface area contributed by atoms with E-state index >= 15 is 0 Å². The zero-order chi connectivity index (χ0) is 14.5. The van der Waals surface area contributed by atoms with Crippen LogP contribution >= 0.6 is 0 Å². The Labute approximate surface area is 127 Å². The van der Waals surface area contributed by atoms with Gasteiger partial charge in [-0.15, -0.1) is 0 Å². The van der Waals surface area contributed by atoms with E-state index in [4.69, 9.17) is 0 Å². The molecule has 21 heavy (non-hydrogen) atoms. The lowest BCUT2D eigenvalue weighted by atomic mass is 9.94. The number of aliphatic hydroxyl groups excluding tert-OH is 1. The predicted molar refractivity (Wildman–Crippen MR) is 88.9 cm³/mol. The Bertz CT molecular complexity index is 478. The summed E-state index contributed by atoms with van der Waals surface area (Å²) in [5.41, 5.74) is 2.53. The molecule has 1 aliphatic heterocycles. The van der Waals surface area contributed by atoms with E-state index in [2.05, 4.69) is 46.6 Å². The molecule has 114 valence electrons. The second-order valence-corrected chi connectivity index (χ2v) is 6.27. The third kappa shape index (κ3) is 3.79. The van der Waals surface area contributed by atoms with Gasteiger partial charge >= 0.3 is 0 Å². The number of allylic oxidation sites excluding steroid dienone is 2. The summed E-state index contributed by atoms with van der Waals surface area (Å²) in [7, 11) is 0. The molecule has 1 atom stereocenters. The van der Waals surface area contributed by atoms with Crippen LogP contribution in [-0.2, 0) is 0 Å². The van der Waals surface area contributed by atoms with Crippen molar-refractivity contribution in [3.63, 3.8) is 0 Å². The average molecular weight is 286 g/mol. The van der Waals surface area contributed by atoms with Crippen molar-refractivity contribution in [2.24, 2.45) is 5.92 Å². The van der Waals surface area contributed by atoms with Gasteiger partial charge in [0.1, 0.15) is 0 Å². The van der Waals surface area contributed by atoms with Crippen LogP contribution in [-0.4, -0.2) is 30.8 Å². The highest BCUT2D eigenvalue weighted by Crippen LogP contribution is 2.29. The molecule has 0 spiro atoms. The molecular formula is C18H26N2O. The van der Waals surface area contributed by atoms with Crippen LogP contribution in [0.4, 0.5) is 11.4 Å². The summed E-state index contributed by atoms with van der Waals surface area (Å²) in [6, 6.07) is 8.58. The molecule has 2 aliphatic rings. The van der Waals surface area contributed by atoms with Crippen LogP contribution < -0.4 is 10.2 Å². The molecule has 0 amide bonds. The minimum atomic E-state index is -0.115. The summed E-state index contributed by atoms with van der Waals surface area (Å²) >= 11 is 0. The SMILES string of the molecule is OC1CCN(c2ccccc2NC[C@@H]2CC=CCC2)CC1. The van der Waals surface area contributed by atoms with Gasteiger partial charge in [0.2, 0.25) is 0 Å².